The first-order valence-corrected chi connectivity index (χ1v) is 6.17. The highest BCUT2D eigenvalue weighted by Gasteiger charge is 2.15. The van der Waals surface area contributed by atoms with Crippen LogP contribution in [0.15, 0.2) is 30.3 Å². The van der Waals surface area contributed by atoms with E-state index in [0.29, 0.717) is 0 Å². The summed E-state index contributed by atoms with van der Waals surface area (Å²) < 4.78 is 0. The molecule has 1 rings (SSSR count). The number of benzene rings is 1. The third kappa shape index (κ3) is 5.51. The van der Waals surface area contributed by atoms with Gasteiger partial charge in [0, 0.05) is 6.54 Å². The second kappa shape index (κ2) is 6.42. The first-order chi connectivity index (χ1) is 8.03. The fraction of sp³-hybridized carbons (Fsp3) is 0.533. The summed E-state index contributed by atoms with van der Waals surface area (Å²) in [5.41, 5.74) is 1.16. The van der Waals surface area contributed by atoms with Gasteiger partial charge in [0.05, 0.1) is 11.5 Å². The van der Waals surface area contributed by atoms with Crippen LogP contribution < -0.4 is 0 Å². The Bertz CT molecular complexity index is 362. The fourth-order valence-corrected chi connectivity index (χ4v) is 1.82. The molecule has 0 aliphatic heterocycles. The molecule has 0 saturated heterocycles. The molecule has 2 heteroatoms. The largest absolute Gasteiger partial charge is 0.302 e. The van der Waals surface area contributed by atoms with Crippen molar-refractivity contribution in [1.29, 1.82) is 5.26 Å². The maximum Gasteiger partial charge on any atom is 0.0683 e. The lowest BCUT2D eigenvalue weighted by Crippen LogP contribution is -2.20. The standard InChI is InChI=1S/C15H22N2/c1-15(2,13-16)10-7-11-17(3)12-14-8-5-4-6-9-14/h4-6,8-9H,7,10-12H2,1-3H3. The molecule has 0 aliphatic carbocycles. The highest BCUT2D eigenvalue weighted by molar-refractivity contribution is 5.14. The van der Waals surface area contributed by atoms with Gasteiger partial charge < -0.3 is 4.90 Å². The van der Waals surface area contributed by atoms with E-state index < -0.39 is 0 Å². The van der Waals surface area contributed by atoms with Crippen molar-refractivity contribution in [3.63, 3.8) is 0 Å². The minimum atomic E-state index is -0.187. The molecule has 0 atom stereocenters. The van der Waals surface area contributed by atoms with Gasteiger partial charge in [-0.15, -0.1) is 0 Å². The van der Waals surface area contributed by atoms with Gasteiger partial charge in [-0.1, -0.05) is 30.3 Å². The van der Waals surface area contributed by atoms with Gasteiger partial charge in [-0.2, -0.15) is 5.26 Å². The molecular formula is C15H22N2. The maximum absolute atomic E-state index is 8.93. The highest BCUT2D eigenvalue weighted by Crippen LogP contribution is 2.20. The summed E-state index contributed by atoms with van der Waals surface area (Å²) in [5, 5.41) is 8.93. The molecule has 92 valence electrons. The molecule has 0 N–H and O–H groups in total. The van der Waals surface area contributed by atoms with Crippen LogP contribution in [-0.2, 0) is 6.54 Å². The Balaban J connectivity index is 2.27. The zero-order valence-corrected chi connectivity index (χ0v) is 11.1. The molecule has 2 nitrogen and oxygen atoms in total. The van der Waals surface area contributed by atoms with Gasteiger partial charge in [0.25, 0.3) is 0 Å². The molecule has 0 aliphatic rings. The van der Waals surface area contributed by atoms with Crippen molar-refractivity contribution in [3.05, 3.63) is 35.9 Å². The van der Waals surface area contributed by atoms with Crippen LogP contribution in [0, 0.1) is 16.7 Å². The van der Waals surface area contributed by atoms with Gasteiger partial charge >= 0.3 is 0 Å². The lowest BCUT2D eigenvalue weighted by Gasteiger charge is -2.19. The van der Waals surface area contributed by atoms with Crippen LogP contribution in [0.4, 0.5) is 0 Å². The number of hydrogen-bond donors (Lipinski definition) is 0. The molecule has 17 heavy (non-hydrogen) atoms. The summed E-state index contributed by atoms with van der Waals surface area (Å²) in [7, 11) is 2.13. The second-order valence-corrected chi connectivity index (χ2v) is 5.32. The average molecular weight is 230 g/mol. The Morgan fingerprint density at radius 1 is 1.24 bits per heavy atom. The van der Waals surface area contributed by atoms with Gasteiger partial charge in [-0.3, -0.25) is 0 Å². The SMILES string of the molecule is CN(CCCC(C)(C)C#N)Cc1ccccc1. The zero-order chi connectivity index (χ0) is 12.7. The van der Waals surface area contributed by atoms with Crippen LogP contribution in [0.2, 0.25) is 0 Å². The van der Waals surface area contributed by atoms with Crippen molar-refractivity contribution in [2.75, 3.05) is 13.6 Å². The Morgan fingerprint density at radius 2 is 1.88 bits per heavy atom. The average Bonchev–Trinajstić information content (AvgIpc) is 2.30. The van der Waals surface area contributed by atoms with E-state index >= 15 is 0 Å². The van der Waals surface area contributed by atoms with Crippen LogP contribution in [0.25, 0.3) is 0 Å². The molecule has 0 fully saturated rings. The molecule has 0 unspecified atom stereocenters. The molecule has 0 bridgehead atoms. The van der Waals surface area contributed by atoms with Crippen LogP contribution in [0.3, 0.4) is 0 Å². The third-order valence-corrected chi connectivity index (χ3v) is 2.94. The minimum absolute atomic E-state index is 0.187. The maximum atomic E-state index is 8.93. The van der Waals surface area contributed by atoms with E-state index in [0.717, 1.165) is 25.9 Å². The number of rotatable bonds is 6. The van der Waals surface area contributed by atoms with Crippen molar-refractivity contribution in [3.8, 4) is 6.07 Å². The molecule has 0 radical (unpaired) electrons. The first-order valence-electron chi connectivity index (χ1n) is 6.17. The van der Waals surface area contributed by atoms with E-state index in [2.05, 4.69) is 42.3 Å². The van der Waals surface area contributed by atoms with E-state index in [1.165, 1.54) is 5.56 Å². The molecular weight excluding hydrogens is 208 g/mol. The normalized spacial score (nSPS) is 11.5. The molecule has 0 amide bonds. The summed E-state index contributed by atoms with van der Waals surface area (Å²) in [5.74, 6) is 0. The lowest BCUT2D eigenvalue weighted by molar-refractivity contribution is 0.298. The quantitative estimate of drug-likeness (QED) is 0.748. The van der Waals surface area contributed by atoms with Crippen molar-refractivity contribution in [2.24, 2.45) is 5.41 Å². The van der Waals surface area contributed by atoms with Gasteiger partial charge in [0.2, 0.25) is 0 Å². The number of nitriles is 1. The summed E-state index contributed by atoms with van der Waals surface area (Å²) in [6.45, 7) is 6.03. The highest BCUT2D eigenvalue weighted by atomic mass is 15.1. The van der Waals surface area contributed by atoms with E-state index in [9.17, 15) is 0 Å². The van der Waals surface area contributed by atoms with Crippen molar-refractivity contribution in [2.45, 2.75) is 33.2 Å². The van der Waals surface area contributed by atoms with E-state index in [4.69, 9.17) is 5.26 Å². The van der Waals surface area contributed by atoms with Crippen LogP contribution >= 0.6 is 0 Å². The van der Waals surface area contributed by atoms with Crippen molar-refractivity contribution < 1.29 is 0 Å². The predicted molar refractivity (Wildman–Crippen MR) is 71.4 cm³/mol. The van der Waals surface area contributed by atoms with Gasteiger partial charge in [0.15, 0.2) is 0 Å². The smallest absolute Gasteiger partial charge is 0.0683 e. The number of nitrogens with zero attached hydrogens (tertiary/aromatic N) is 2. The molecule has 0 aromatic heterocycles. The third-order valence-electron chi connectivity index (χ3n) is 2.94. The summed E-state index contributed by atoms with van der Waals surface area (Å²) >= 11 is 0. The molecule has 1 aromatic carbocycles. The van der Waals surface area contributed by atoms with Gasteiger partial charge in [0.1, 0.15) is 0 Å². The second-order valence-electron chi connectivity index (χ2n) is 5.32. The van der Waals surface area contributed by atoms with E-state index in [-0.39, 0.29) is 5.41 Å². The van der Waals surface area contributed by atoms with E-state index in [1.807, 2.05) is 19.9 Å². The van der Waals surface area contributed by atoms with Crippen LogP contribution in [-0.4, -0.2) is 18.5 Å². The molecule has 0 heterocycles. The summed E-state index contributed by atoms with van der Waals surface area (Å²) in [4.78, 5) is 2.31. The van der Waals surface area contributed by atoms with Gasteiger partial charge in [-0.25, -0.2) is 0 Å². The molecule has 0 saturated carbocycles. The Kier molecular flexibility index (Phi) is 5.18. The first kappa shape index (κ1) is 13.7. The van der Waals surface area contributed by atoms with E-state index in [1.54, 1.807) is 0 Å². The number of hydrogen-bond acceptors (Lipinski definition) is 2. The minimum Gasteiger partial charge on any atom is -0.302 e. The van der Waals surface area contributed by atoms with Crippen molar-refractivity contribution in [1.82, 2.24) is 4.90 Å². The summed E-state index contributed by atoms with van der Waals surface area (Å²) in [6, 6.07) is 12.8. The Morgan fingerprint density at radius 3 is 2.47 bits per heavy atom. The topological polar surface area (TPSA) is 27.0 Å². The predicted octanol–water partition coefficient (Wildman–Crippen LogP) is 3.45. The van der Waals surface area contributed by atoms with Crippen molar-refractivity contribution >= 4 is 0 Å². The Hall–Kier alpha value is -1.33. The molecule has 0 spiro atoms. The Labute approximate surface area is 105 Å². The fourth-order valence-electron chi connectivity index (χ4n) is 1.82. The van der Waals surface area contributed by atoms with Gasteiger partial charge in [-0.05, 0) is 45.8 Å². The zero-order valence-electron chi connectivity index (χ0n) is 11.1. The summed E-state index contributed by atoms with van der Waals surface area (Å²) in [6.07, 6.45) is 2.03. The monoisotopic (exact) mass is 230 g/mol. The van der Waals surface area contributed by atoms with Crippen LogP contribution in [0.1, 0.15) is 32.3 Å². The lowest BCUT2D eigenvalue weighted by atomic mass is 9.90. The molecule has 1 aromatic rings. The van der Waals surface area contributed by atoms with Crippen LogP contribution in [0.5, 0.6) is 0 Å².